The molecule has 1 atom stereocenters. The lowest BCUT2D eigenvalue weighted by molar-refractivity contribution is -0.0688. The van der Waals surface area contributed by atoms with E-state index in [2.05, 4.69) is 23.5 Å². The summed E-state index contributed by atoms with van der Waals surface area (Å²) in [5.41, 5.74) is 0.609. The van der Waals surface area contributed by atoms with E-state index in [4.69, 9.17) is 0 Å². The van der Waals surface area contributed by atoms with Gasteiger partial charge in [-0.25, -0.2) is 13.1 Å². The number of nitrogens with one attached hydrogen (secondary N) is 2. The lowest BCUT2D eigenvalue weighted by Gasteiger charge is -2.59. The minimum atomic E-state index is -3.65. The molecule has 1 aromatic carbocycles. The molecule has 152 valence electrons. The molecular weight excluding hydrogens is 372 g/mol. The fraction of sp³-hybridized carbons (Fsp3) is 0.591. The molecule has 0 saturated heterocycles. The van der Waals surface area contributed by atoms with Gasteiger partial charge in [-0.05, 0) is 86.8 Å². The maximum absolute atomic E-state index is 12.9. The lowest BCUT2D eigenvalue weighted by atomic mass is 9.48. The van der Waals surface area contributed by atoms with Crippen molar-refractivity contribution in [3.05, 3.63) is 42.5 Å². The zero-order valence-electron chi connectivity index (χ0n) is 16.5. The highest BCUT2D eigenvalue weighted by atomic mass is 32.2. The summed E-state index contributed by atoms with van der Waals surface area (Å²) in [4.78, 5) is 13.0. The fourth-order valence-corrected chi connectivity index (χ4v) is 7.24. The summed E-state index contributed by atoms with van der Waals surface area (Å²) in [5, 5.41) is 3.20. The van der Waals surface area contributed by atoms with Gasteiger partial charge in [-0.2, -0.15) is 0 Å². The number of rotatable bonds is 7. The maximum atomic E-state index is 12.9. The predicted octanol–water partition coefficient (Wildman–Crippen LogP) is 3.49. The van der Waals surface area contributed by atoms with Gasteiger partial charge in [0, 0.05) is 18.2 Å². The van der Waals surface area contributed by atoms with E-state index in [1.54, 1.807) is 12.1 Å². The number of hydrogen-bond acceptors (Lipinski definition) is 3. The Labute approximate surface area is 168 Å². The minimum Gasteiger partial charge on any atom is -0.349 e. The van der Waals surface area contributed by atoms with Crippen LogP contribution >= 0.6 is 0 Å². The van der Waals surface area contributed by atoms with Crippen molar-refractivity contribution in [3.8, 4) is 0 Å². The predicted molar refractivity (Wildman–Crippen MR) is 109 cm³/mol. The van der Waals surface area contributed by atoms with Gasteiger partial charge in [0.1, 0.15) is 0 Å². The van der Waals surface area contributed by atoms with Gasteiger partial charge < -0.3 is 5.32 Å². The second kappa shape index (κ2) is 7.30. The highest BCUT2D eigenvalue weighted by Gasteiger charge is 2.53. The van der Waals surface area contributed by atoms with Gasteiger partial charge in [-0.15, -0.1) is 6.58 Å². The van der Waals surface area contributed by atoms with Crippen LogP contribution in [0.2, 0.25) is 0 Å². The summed E-state index contributed by atoms with van der Waals surface area (Å²) in [6.07, 6.45) is 9.27. The van der Waals surface area contributed by atoms with Gasteiger partial charge in [0.25, 0.3) is 5.91 Å². The van der Waals surface area contributed by atoms with E-state index in [1.165, 1.54) is 56.7 Å². The van der Waals surface area contributed by atoms with Crippen LogP contribution < -0.4 is 10.0 Å². The molecule has 0 heterocycles. The van der Waals surface area contributed by atoms with Gasteiger partial charge >= 0.3 is 0 Å². The third-order valence-electron chi connectivity index (χ3n) is 7.18. The molecule has 0 radical (unpaired) electrons. The smallest absolute Gasteiger partial charge is 0.251 e. The molecule has 0 aromatic heterocycles. The van der Waals surface area contributed by atoms with Gasteiger partial charge in [0.05, 0.1) is 4.90 Å². The van der Waals surface area contributed by atoms with Crippen molar-refractivity contribution < 1.29 is 13.2 Å². The van der Waals surface area contributed by atoms with Crippen LogP contribution in [0.1, 0.15) is 55.8 Å². The third-order valence-corrected chi connectivity index (χ3v) is 8.60. The molecule has 1 aromatic rings. The van der Waals surface area contributed by atoms with Gasteiger partial charge in [0.2, 0.25) is 10.0 Å². The summed E-state index contributed by atoms with van der Waals surface area (Å²) in [7, 11) is -3.65. The van der Waals surface area contributed by atoms with Crippen LogP contribution in [0.5, 0.6) is 0 Å². The highest BCUT2D eigenvalue weighted by Crippen LogP contribution is 2.61. The first-order chi connectivity index (χ1) is 13.3. The van der Waals surface area contributed by atoms with Crippen molar-refractivity contribution in [2.24, 2.45) is 23.2 Å². The number of benzene rings is 1. The molecule has 0 spiro atoms. The Morgan fingerprint density at radius 3 is 2.39 bits per heavy atom. The second-order valence-corrected chi connectivity index (χ2v) is 10.9. The Balaban J connectivity index is 1.48. The molecule has 1 unspecified atom stereocenters. The summed E-state index contributed by atoms with van der Waals surface area (Å²) >= 11 is 0. The van der Waals surface area contributed by atoms with E-state index in [0.29, 0.717) is 5.56 Å². The molecule has 4 fully saturated rings. The van der Waals surface area contributed by atoms with Gasteiger partial charge in [-0.3, -0.25) is 4.79 Å². The average Bonchev–Trinajstić information content (AvgIpc) is 2.65. The number of sulfonamides is 1. The number of carbonyl (C=O) groups is 1. The molecule has 2 N–H and O–H groups in total. The van der Waals surface area contributed by atoms with E-state index >= 15 is 0 Å². The van der Waals surface area contributed by atoms with Crippen molar-refractivity contribution in [1.82, 2.24) is 10.0 Å². The monoisotopic (exact) mass is 402 g/mol. The minimum absolute atomic E-state index is 0.101. The molecule has 0 aliphatic heterocycles. The molecule has 5 rings (SSSR count). The first-order valence-corrected chi connectivity index (χ1v) is 11.8. The van der Waals surface area contributed by atoms with E-state index in [9.17, 15) is 13.2 Å². The van der Waals surface area contributed by atoms with Crippen molar-refractivity contribution in [1.29, 1.82) is 0 Å². The Morgan fingerprint density at radius 1 is 1.21 bits per heavy atom. The number of hydrogen-bond donors (Lipinski definition) is 2. The molecule has 4 aliphatic rings. The van der Waals surface area contributed by atoms with Crippen LogP contribution in [0.3, 0.4) is 0 Å². The number of amides is 1. The Kier molecular flexibility index (Phi) is 5.12. The molecule has 4 saturated carbocycles. The zero-order valence-corrected chi connectivity index (χ0v) is 17.3. The van der Waals surface area contributed by atoms with Gasteiger partial charge in [-0.1, -0.05) is 12.1 Å². The van der Waals surface area contributed by atoms with Crippen molar-refractivity contribution in [3.63, 3.8) is 0 Å². The van der Waals surface area contributed by atoms with Crippen LogP contribution in [0.4, 0.5) is 0 Å². The van der Waals surface area contributed by atoms with E-state index < -0.39 is 10.0 Å². The normalized spacial score (nSPS) is 32.1. The van der Waals surface area contributed by atoms with Gasteiger partial charge in [0.15, 0.2) is 0 Å². The molecular formula is C22H30N2O3S. The molecule has 1 amide bonds. The van der Waals surface area contributed by atoms with Crippen LogP contribution in [0, 0.1) is 23.2 Å². The van der Waals surface area contributed by atoms with Crippen LogP contribution in [0.25, 0.3) is 0 Å². The molecule has 4 aliphatic carbocycles. The fourth-order valence-electron chi connectivity index (χ4n) is 6.20. The molecule has 28 heavy (non-hydrogen) atoms. The summed E-state index contributed by atoms with van der Waals surface area (Å²) in [6.45, 7) is 5.81. The van der Waals surface area contributed by atoms with Crippen LogP contribution in [0.15, 0.2) is 41.8 Å². The molecule has 6 heteroatoms. The summed E-state index contributed by atoms with van der Waals surface area (Å²) in [5.74, 6) is 2.30. The quantitative estimate of drug-likeness (QED) is 0.686. The topological polar surface area (TPSA) is 75.3 Å². The lowest BCUT2D eigenvalue weighted by Crippen LogP contribution is -2.55. The van der Waals surface area contributed by atoms with Crippen molar-refractivity contribution >= 4 is 15.9 Å². The standard InChI is InChI=1S/C22H30N2O3S/c1-3-7-23-28(26,27)20-6-4-5-19(11-20)21(25)24-15(2)22-12-16-8-17(13-22)10-18(9-16)14-22/h3-6,11,15-18,23H,1,7-10,12-14H2,2H3,(H,24,25). The van der Waals surface area contributed by atoms with E-state index in [0.717, 1.165) is 17.8 Å². The summed E-state index contributed by atoms with van der Waals surface area (Å²) in [6, 6.07) is 6.35. The first kappa shape index (κ1) is 19.6. The van der Waals surface area contributed by atoms with Crippen molar-refractivity contribution in [2.75, 3.05) is 6.54 Å². The second-order valence-electron chi connectivity index (χ2n) is 9.14. The van der Waals surface area contributed by atoms with Crippen LogP contribution in [-0.2, 0) is 10.0 Å². The Bertz CT molecular complexity index is 842. The summed E-state index contributed by atoms with van der Waals surface area (Å²) < 4.78 is 27.1. The first-order valence-electron chi connectivity index (χ1n) is 10.3. The maximum Gasteiger partial charge on any atom is 0.251 e. The highest BCUT2D eigenvalue weighted by molar-refractivity contribution is 7.89. The average molecular weight is 403 g/mol. The Hall–Kier alpha value is -1.66. The zero-order chi connectivity index (χ0) is 19.9. The SMILES string of the molecule is C=CCNS(=O)(=O)c1cccc(C(=O)NC(C)C23CC4CC(CC(C4)C2)C3)c1. The third kappa shape index (κ3) is 3.64. The Morgan fingerprint density at radius 2 is 1.82 bits per heavy atom. The van der Waals surface area contributed by atoms with Crippen molar-refractivity contribution in [2.45, 2.75) is 56.4 Å². The van der Waals surface area contributed by atoms with E-state index in [1.807, 2.05) is 0 Å². The van der Waals surface area contributed by atoms with E-state index in [-0.39, 0.29) is 28.8 Å². The largest absolute Gasteiger partial charge is 0.349 e. The van der Waals surface area contributed by atoms with Crippen LogP contribution in [-0.4, -0.2) is 26.9 Å². The molecule has 4 bridgehead atoms. The molecule has 5 nitrogen and oxygen atoms in total. The number of carbonyl (C=O) groups excluding carboxylic acids is 1.